The molecule has 0 atom stereocenters. The summed E-state index contributed by atoms with van der Waals surface area (Å²) in [6.45, 7) is 4.15. The molecule has 0 aliphatic carbocycles. The summed E-state index contributed by atoms with van der Waals surface area (Å²) in [4.78, 5) is 0. The second-order valence-corrected chi connectivity index (χ2v) is 5.03. The molecular formula is C16H17N5. The van der Waals surface area contributed by atoms with Crippen LogP contribution in [0.3, 0.4) is 0 Å². The summed E-state index contributed by atoms with van der Waals surface area (Å²) in [5, 5.41) is 12.0. The van der Waals surface area contributed by atoms with Gasteiger partial charge in [0, 0.05) is 11.3 Å². The summed E-state index contributed by atoms with van der Waals surface area (Å²) < 4.78 is 1.71. The molecule has 106 valence electrons. The van der Waals surface area contributed by atoms with E-state index in [1.165, 1.54) is 5.56 Å². The summed E-state index contributed by atoms with van der Waals surface area (Å²) in [7, 11) is 0. The molecule has 0 saturated carbocycles. The van der Waals surface area contributed by atoms with E-state index >= 15 is 0 Å². The first-order valence-corrected chi connectivity index (χ1v) is 6.93. The van der Waals surface area contributed by atoms with Gasteiger partial charge >= 0.3 is 0 Å². The van der Waals surface area contributed by atoms with Crippen LogP contribution >= 0.6 is 0 Å². The van der Waals surface area contributed by atoms with Crippen molar-refractivity contribution in [3.05, 3.63) is 53.6 Å². The molecule has 1 heterocycles. The first kappa shape index (κ1) is 13.3. The van der Waals surface area contributed by atoms with Gasteiger partial charge in [-0.15, -0.1) is 5.10 Å². The minimum Gasteiger partial charge on any atom is -0.398 e. The predicted molar refractivity (Wildman–Crippen MR) is 83.1 cm³/mol. The Morgan fingerprint density at radius 3 is 2.57 bits per heavy atom. The molecular weight excluding hydrogens is 262 g/mol. The van der Waals surface area contributed by atoms with Crippen LogP contribution < -0.4 is 5.73 Å². The van der Waals surface area contributed by atoms with Gasteiger partial charge in [-0.25, -0.2) is 0 Å². The Hall–Kier alpha value is -2.69. The van der Waals surface area contributed by atoms with Crippen molar-refractivity contribution in [1.82, 2.24) is 20.2 Å². The number of hydrogen-bond acceptors (Lipinski definition) is 4. The van der Waals surface area contributed by atoms with E-state index in [2.05, 4.69) is 34.6 Å². The van der Waals surface area contributed by atoms with Crippen LogP contribution in [0.2, 0.25) is 0 Å². The molecule has 0 fully saturated rings. The molecule has 5 heteroatoms. The van der Waals surface area contributed by atoms with Crippen molar-refractivity contribution < 1.29 is 0 Å². The molecule has 3 rings (SSSR count). The topological polar surface area (TPSA) is 69.6 Å². The average Bonchev–Trinajstić information content (AvgIpc) is 2.99. The molecule has 0 aliphatic rings. The van der Waals surface area contributed by atoms with Gasteiger partial charge in [0.1, 0.15) is 0 Å². The summed E-state index contributed by atoms with van der Waals surface area (Å²) in [6.07, 6.45) is 1.01. The summed E-state index contributed by atoms with van der Waals surface area (Å²) in [5.41, 5.74) is 10.9. The van der Waals surface area contributed by atoms with Gasteiger partial charge < -0.3 is 5.73 Å². The molecule has 2 aromatic carbocycles. The van der Waals surface area contributed by atoms with E-state index in [9.17, 15) is 0 Å². The number of hydrogen-bond donors (Lipinski definition) is 1. The van der Waals surface area contributed by atoms with E-state index < -0.39 is 0 Å². The van der Waals surface area contributed by atoms with Crippen LogP contribution in [0.5, 0.6) is 0 Å². The maximum atomic E-state index is 6.06. The number of aromatic nitrogens is 4. The van der Waals surface area contributed by atoms with Gasteiger partial charge in [0.05, 0.1) is 5.69 Å². The minimum absolute atomic E-state index is 0.653. The predicted octanol–water partition coefficient (Wildman–Crippen LogP) is 2.78. The number of aryl methyl sites for hydroxylation is 2. The Labute approximate surface area is 123 Å². The van der Waals surface area contributed by atoms with Gasteiger partial charge in [0.25, 0.3) is 0 Å². The zero-order chi connectivity index (χ0) is 14.8. The Kier molecular flexibility index (Phi) is 3.39. The van der Waals surface area contributed by atoms with Crippen LogP contribution in [0.4, 0.5) is 5.69 Å². The normalized spacial score (nSPS) is 10.8. The van der Waals surface area contributed by atoms with Gasteiger partial charge in [-0.1, -0.05) is 30.7 Å². The van der Waals surface area contributed by atoms with Crippen molar-refractivity contribution >= 4 is 5.69 Å². The van der Waals surface area contributed by atoms with E-state index in [-0.39, 0.29) is 0 Å². The largest absolute Gasteiger partial charge is 0.398 e. The first-order valence-electron chi connectivity index (χ1n) is 6.93. The van der Waals surface area contributed by atoms with E-state index in [1.807, 2.05) is 37.3 Å². The fourth-order valence-electron chi connectivity index (χ4n) is 2.27. The quantitative estimate of drug-likeness (QED) is 0.748. The number of nitrogens with zero attached hydrogens (tertiary/aromatic N) is 4. The number of nitrogens with two attached hydrogens (primary N) is 1. The highest BCUT2D eigenvalue weighted by Gasteiger charge is 2.13. The second-order valence-electron chi connectivity index (χ2n) is 5.03. The SMILES string of the molecule is CCc1ccc(-n2nnnc2-c2cc(C)ccc2N)cc1. The lowest BCUT2D eigenvalue weighted by Gasteiger charge is -2.08. The van der Waals surface area contributed by atoms with Crippen molar-refractivity contribution in [2.24, 2.45) is 0 Å². The molecule has 0 amide bonds. The number of tetrazole rings is 1. The number of benzene rings is 2. The summed E-state index contributed by atoms with van der Waals surface area (Å²) in [6, 6.07) is 14.1. The number of rotatable bonds is 3. The molecule has 2 N–H and O–H groups in total. The van der Waals surface area contributed by atoms with E-state index in [0.29, 0.717) is 11.5 Å². The molecule has 1 aromatic heterocycles. The van der Waals surface area contributed by atoms with E-state index in [4.69, 9.17) is 5.73 Å². The Morgan fingerprint density at radius 1 is 1.10 bits per heavy atom. The minimum atomic E-state index is 0.653. The Morgan fingerprint density at radius 2 is 1.86 bits per heavy atom. The summed E-state index contributed by atoms with van der Waals surface area (Å²) in [5.74, 6) is 0.653. The molecule has 0 bridgehead atoms. The lowest BCUT2D eigenvalue weighted by Crippen LogP contribution is -2.02. The zero-order valence-corrected chi connectivity index (χ0v) is 12.1. The van der Waals surface area contributed by atoms with Crippen molar-refractivity contribution in [2.45, 2.75) is 20.3 Å². The summed E-state index contributed by atoms with van der Waals surface area (Å²) >= 11 is 0. The lowest BCUT2D eigenvalue weighted by atomic mass is 10.1. The van der Waals surface area contributed by atoms with Crippen LogP contribution in [-0.4, -0.2) is 20.2 Å². The average molecular weight is 279 g/mol. The molecule has 5 nitrogen and oxygen atoms in total. The molecule has 0 unspecified atom stereocenters. The van der Waals surface area contributed by atoms with Crippen molar-refractivity contribution in [3.8, 4) is 17.1 Å². The molecule has 0 aliphatic heterocycles. The van der Waals surface area contributed by atoms with Gasteiger partial charge in [-0.3, -0.25) is 0 Å². The van der Waals surface area contributed by atoms with Crippen molar-refractivity contribution in [2.75, 3.05) is 5.73 Å². The number of nitrogen functional groups attached to an aromatic ring is 1. The first-order chi connectivity index (χ1) is 10.2. The number of anilines is 1. The van der Waals surface area contributed by atoms with Gasteiger partial charge in [-0.2, -0.15) is 4.68 Å². The zero-order valence-electron chi connectivity index (χ0n) is 12.1. The lowest BCUT2D eigenvalue weighted by molar-refractivity contribution is 0.791. The fraction of sp³-hybridized carbons (Fsp3) is 0.188. The highest BCUT2D eigenvalue weighted by atomic mass is 15.5. The maximum Gasteiger partial charge on any atom is 0.189 e. The third-order valence-corrected chi connectivity index (χ3v) is 3.51. The third kappa shape index (κ3) is 2.50. The third-order valence-electron chi connectivity index (χ3n) is 3.51. The van der Waals surface area contributed by atoms with Crippen LogP contribution in [0.25, 0.3) is 17.1 Å². The monoisotopic (exact) mass is 279 g/mol. The van der Waals surface area contributed by atoms with E-state index in [1.54, 1.807) is 4.68 Å². The highest BCUT2D eigenvalue weighted by molar-refractivity contribution is 5.73. The molecule has 0 radical (unpaired) electrons. The Bertz CT molecular complexity index is 759. The Balaban J connectivity index is 2.10. The fourth-order valence-corrected chi connectivity index (χ4v) is 2.27. The molecule has 3 aromatic rings. The van der Waals surface area contributed by atoms with Crippen molar-refractivity contribution in [3.63, 3.8) is 0 Å². The maximum absolute atomic E-state index is 6.06. The molecule has 0 saturated heterocycles. The molecule has 0 spiro atoms. The van der Waals surface area contributed by atoms with E-state index in [0.717, 1.165) is 23.2 Å². The second kappa shape index (κ2) is 5.36. The standard InChI is InChI=1S/C16H17N5/c1-3-12-5-7-13(8-6-12)21-16(18-19-20-21)14-10-11(2)4-9-15(14)17/h4-10H,3,17H2,1-2H3. The smallest absolute Gasteiger partial charge is 0.189 e. The van der Waals surface area contributed by atoms with Crippen LogP contribution in [0, 0.1) is 6.92 Å². The highest BCUT2D eigenvalue weighted by Crippen LogP contribution is 2.26. The van der Waals surface area contributed by atoms with Crippen LogP contribution in [0.15, 0.2) is 42.5 Å². The van der Waals surface area contributed by atoms with Gasteiger partial charge in [0.15, 0.2) is 5.82 Å². The van der Waals surface area contributed by atoms with Gasteiger partial charge in [-0.05, 0) is 53.6 Å². The van der Waals surface area contributed by atoms with Gasteiger partial charge in [0.2, 0.25) is 0 Å². The van der Waals surface area contributed by atoms with Crippen LogP contribution in [-0.2, 0) is 6.42 Å². The van der Waals surface area contributed by atoms with Crippen LogP contribution in [0.1, 0.15) is 18.1 Å². The van der Waals surface area contributed by atoms with Crippen molar-refractivity contribution in [1.29, 1.82) is 0 Å². The molecule has 21 heavy (non-hydrogen) atoms.